The summed E-state index contributed by atoms with van der Waals surface area (Å²) in [4.78, 5) is 10.6. The Morgan fingerprint density at radius 2 is 2.31 bits per heavy atom. The first-order valence-electron chi connectivity index (χ1n) is 5.46. The van der Waals surface area contributed by atoms with Crippen LogP contribution in [0.25, 0.3) is 0 Å². The Kier molecular flexibility index (Phi) is 1.69. The van der Waals surface area contributed by atoms with Crippen molar-refractivity contribution >= 4 is 11.9 Å². The molecule has 0 bridgehead atoms. The fourth-order valence-electron chi connectivity index (χ4n) is 3.02. The third-order valence-electron chi connectivity index (χ3n) is 3.70. The quantitative estimate of drug-likeness (QED) is 0.371. The summed E-state index contributed by atoms with van der Waals surface area (Å²) in [6, 6.07) is -0.147. The summed E-state index contributed by atoms with van der Waals surface area (Å²) in [7, 11) is 0. The van der Waals surface area contributed by atoms with Gasteiger partial charge in [0.2, 0.25) is 0 Å². The number of nitrogens with two attached hydrogens (primary N) is 2. The summed E-state index contributed by atoms with van der Waals surface area (Å²) >= 11 is 0. The van der Waals surface area contributed by atoms with Gasteiger partial charge < -0.3 is 26.8 Å². The van der Waals surface area contributed by atoms with E-state index in [0.29, 0.717) is 24.9 Å². The first kappa shape index (κ1) is 9.71. The predicted octanol–water partition coefficient (Wildman–Crippen LogP) is -2.25. The van der Waals surface area contributed by atoms with Crippen LogP contribution >= 0.6 is 0 Å². The van der Waals surface area contributed by atoms with Crippen molar-refractivity contribution in [1.29, 1.82) is 0 Å². The van der Waals surface area contributed by atoms with E-state index in [9.17, 15) is 5.11 Å². The van der Waals surface area contributed by atoms with Crippen LogP contribution in [-0.4, -0.2) is 52.3 Å². The molecular formula is C9H16N6O. The lowest BCUT2D eigenvalue weighted by Gasteiger charge is -2.44. The van der Waals surface area contributed by atoms with Crippen LogP contribution in [-0.2, 0) is 0 Å². The van der Waals surface area contributed by atoms with Gasteiger partial charge in [0, 0.05) is 6.54 Å². The number of guanidine groups is 2. The van der Waals surface area contributed by atoms with E-state index >= 15 is 0 Å². The molecule has 0 saturated carbocycles. The molecule has 1 saturated heterocycles. The molecule has 16 heavy (non-hydrogen) atoms. The van der Waals surface area contributed by atoms with Crippen LogP contribution in [0, 0.1) is 0 Å². The summed E-state index contributed by atoms with van der Waals surface area (Å²) in [6.45, 7) is 2.61. The molecule has 3 aliphatic rings. The molecule has 4 atom stereocenters. The molecule has 1 spiro atoms. The van der Waals surface area contributed by atoms with E-state index in [2.05, 4.69) is 15.3 Å². The molecule has 0 aromatic heterocycles. The lowest BCUT2D eigenvalue weighted by molar-refractivity contribution is 0.0360. The van der Waals surface area contributed by atoms with Crippen molar-refractivity contribution in [2.24, 2.45) is 21.5 Å². The van der Waals surface area contributed by atoms with Crippen molar-refractivity contribution in [3.8, 4) is 0 Å². The van der Waals surface area contributed by atoms with Crippen LogP contribution in [0.2, 0.25) is 0 Å². The van der Waals surface area contributed by atoms with E-state index in [1.54, 1.807) is 0 Å². The molecule has 3 rings (SSSR count). The monoisotopic (exact) mass is 224 g/mol. The molecule has 88 valence electrons. The van der Waals surface area contributed by atoms with Crippen LogP contribution in [0.5, 0.6) is 0 Å². The maximum Gasteiger partial charge on any atom is 0.193 e. The van der Waals surface area contributed by atoms with Crippen molar-refractivity contribution in [1.82, 2.24) is 10.2 Å². The zero-order valence-corrected chi connectivity index (χ0v) is 9.09. The topological polar surface area (TPSA) is 112 Å². The molecule has 0 aromatic rings. The van der Waals surface area contributed by atoms with Crippen LogP contribution < -0.4 is 16.8 Å². The van der Waals surface area contributed by atoms with Crippen molar-refractivity contribution in [2.45, 2.75) is 37.2 Å². The number of aliphatic imine (C=N–C) groups is 2. The van der Waals surface area contributed by atoms with Crippen molar-refractivity contribution in [3.05, 3.63) is 0 Å². The summed E-state index contributed by atoms with van der Waals surface area (Å²) in [6.07, 6.45) is 0.0836. The minimum atomic E-state index is -0.741. The highest BCUT2D eigenvalue weighted by Gasteiger charge is 2.61. The van der Waals surface area contributed by atoms with E-state index < -0.39 is 11.8 Å². The van der Waals surface area contributed by atoms with Gasteiger partial charge in [-0.25, -0.2) is 9.98 Å². The average Bonchev–Trinajstić information content (AvgIpc) is 2.70. The van der Waals surface area contributed by atoms with Crippen LogP contribution in [0.1, 0.15) is 13.3 Å². The van der Waals surface area contributed by atoms with Gasteiger partial charge in [-0.05, 0) is 13.3 Å². The minimum Gasteiger partial charge on any atom is -0.388 e. The second-order valence-electron chi connectivity index (χ2n) is 4.59. The molecule has 7 nitrogen and oxygen atoms in total. The molecule has 0 aromatic carbocycles. The maximum absolute atomic E-state index is 10.2. The van der Waals surface area contributed by atoms with Gasteiger partial charge in [0.15, 0.2) is 17.6 Å². The number of nitrogens with zero attached hydrogens (tertiary/aromatic N) is 3. The van der Waals surface area contributed by atoms with Gasteiger partial charge in [0.1, 0.15) is 6.10 Å². The number of rotatable bonds is 0. The molecule has 0 radical (unpaired) electrons. The first-order valence-corrected chi connectivity index (χ1v) is 5.46. The summed E-state index contributed by atoms with van der Waals surface area (Å²) in [5.74, 6) is 0.799. The highest BCUT2D eigenvalue weighted by molar-refractivity contribution is 5.86. The third-order valence-corrected chi connectivity index (χ3v) is 3.70. The molecule has 4 unspecified atom stereocenters. The van der Waals surface area contributed by atoms with Crippen molar-refractivity contribution < 1.29 is 5.11 Å². The Morgan fingerprint density at radius 3 is 3.06 bits per heavy atom. The van der Waals surface area contributed by atoms with Gasteiger partial charge in [-0.15, -0.1) is 0 Å². The molecule has 3 heterocycles. The number of hydrogen-bond acceptors (Lipinski definition) is 7. The van der Waals surface area contributed by atoms with Gasteiger partial charge in [-0.2, -0.15) is 0 Å². The van der Waals surface area contributed by atoms with Gasteiger partial charge in [-0.1, -0.05) is 0 Å². The lowest BCUT2D eigenvalue weighted by Crippen LogP contribution is -2.67. The second-order valence-corrected chi connectivity index (χ2v) is 4.59. The first-order chi connectivity index (χ1) is 7.55. The SMILES string of the molecule is CC1N=C(N)N2CCC(O)C23N=C(N)NC13. The largest absolute Gasteiger partial charge is 0.388 e. The average molecular weight is 224 g/mol. The van der Waals surface area contributed by atoms with E-state index in [0.717, 1.165) is 0 Å². The Morgan fingerprint density at radius 1 is 1.56 bits per heavy atom. The third kappa shape index (κ3) is 0.915. The molecule has 7 heteroatoms. The minimum absolute atomic E-state index is 0.0474. The van der Waals surface area contributed by atoms with E-state index in [1.807, 2.05) is 11.8 Å². The molecule has 3 aliphatic heterocycles. The standard InChI is InChI=1S/C9H16N6O/c1-4-6-9(14-7(10)13-6)5(16)2-3-15(9)8(11)12-4/h4-6,16H,2-3H2,1H3,(H2,11,12)(H3,10,13,14). The Labute approximate surface area is 93.2 Å². The number of aliphatic hydroxyl groups is 1. The Balaban J connectivity index is 2.14. The zero-order valence-electron chi connectivity index (χ0n) is 9.09. The number of aliphatic hydroxyl groups excluding tert-OH is 1. The predicted molar refractivity (Wildman–Crippen MR) is 59.7 cm³/mol. The maximum atomic E-state index is 10.2. The smallest absolute Gasteiger partial charge is 0.193 e. The fraction of sp³-hybridized carbons (Fsp3) is 0.778. The van der Waals surface area contributed by atoms with Gasteiger partial charge in [-0.3, -0.25) is 0 Å². The lowest BCUT2D eigenvalue weighted by atomic mass is 9.90. The molecule has 1 fully saturated rings. The highest BCUT2D eigenvalue weighted by Crippen LogP contribution is 2.40. The van der Waals surface area contributed by atoms with Crippen LogP contribution in [0.4, 0.5) is 0 Å². The van der Waals surface area contributed by atoms with Crippen molar-refractivity contribution in [2.75, 3.05) is 6.54 Å². The number of hydrogen-bond donors (Lipinski definition) is 4. The van der Waals surface area contributed by atoms with Crippen molar-refractivity contribution in [3.63, 3.8) is 0 Å². The Hall–Kier alpha value is -1.50. The molecule has 0 amide bonds. The summed E-state index contributed by atoms with van der Waals surface area (Å²) in [5.41, 5.74) is 10.9. The van der Waals surface area contributed by atoms with Gasteiger partial charge >= 0.3 is 0 Å². The van der Waals surface area contributed by atoms with Crippen LogP contribution in [0.15, 0.2) is 9.98 Å². The highest BCUT2D eigenvalue weighted by atomic mass is 16.3. The van der Waals surface area contributed by atoms with E-state index in [1.165, 1.54) is 0 Å². The van der Waals surface area contributed by atoms with E-state index in [4.69, 9.17) is 11.5 Å². The van der Waals surface area contributed by atoms with Gasteiger partial charge in [0.25, 0.3) is 0 Å². The second kappa shape index (κ2) is 2.79. The van der Waals surface area contributed by atoms with Gasteiger partial charge in [0.05, 0.1) is 12.1 Å². The summed E-state index contributed by atoms with van der Waals surface area (Å²) < 4.78 is 0. The zero-order chi connectivity index (χ0) is 11.5. The normalized spacial score (nSPS) is 45.6. The molecule has 0 aliphatic carbocycles. The Bertz CT molecular complexity index is 393. The molecule has 6 N–H and O–H groups in total. The summed E-state index contributed by atoms with van der Waals surface area (Å²) in [5, 5.41) is 13.3. The van der Waals surface area contributed by atoms with E-state index in [-0.39, 0.29) is 12.1 Å². The fourth-order valence-corrected chi connectivity index (χ4v) is 3.02. The number of nitrogens with one attached hydrogen (secondary N) is 1. The molecular weight excluding hydrogens is 208 g/mol. The van der Waals surface area contributed by atoms with Crippen LogP contribution in [0.3, 0.4) is 0 Å².